The summed E-state index contributed by atoms with van der Waals surface area (Å²) in [6.07, 6.45) is 1.39. The molecule has 178 valence electrons. The average molecular weight is 510 g/mol. The third-order valence-electron chi connectivity index (χ3n) is 4.80. The quantitative estimate of drug-likeness (QED) is 0.292. The highest BCUT2D eigenvalue weighted by molar-refractivity contribution is 6.32. The first kappa shape index (κ1) is 25.6. The smallest absolute Gasteiger partial charge is 0.266 e. The van der Waals surface area contributed by atoms with Gasteiger partial charge in [0.1, 0.15) is 11.6 Å². The minimum atomic E-state index is -0.559. The number of nitriles is 1. The van der Waals surface area contributed by atoms with Gasteiger partial charge in [-0.15, -0.1) is 0 Å². The topological polar surface area (TPSA) is 100 Å². The van der Waals surface area contributed by atoms with E-state index in [0.717, 1.165) is 5.56 Å². The Bertz CT molecular complexity index is 1320. The molecule has 3 aromatic carbocycles. The fraction of sp³-hybridized carbons (Fsp3) is 0.115. The lowest BCUT2D eigenvalue weighted by Gasteiger charge is -2.14. The van der Waals surface area contributed by atoms with Crippen molar-refractivity contribution in [3.63, 3.8) is 0 Å². The molecule has 7 nitrogen and oxygen atoms in total. The normalized spacial score (nSPS) is 10.8. The largest absolute Gasteiger partial charge is 0.493 e. The van der Waals surface area contributed by atoms with Crippen LogP contribution < -0.4 is 20.1 Å². The molecule has 35 heavy (non-hydrogen) atoms. The number of aryl methyl sites for hydroxylation is 1. The summed E-state index contributed by atoms with van der Waals surface area (Å²) in [7, 11) is 1.41. The number of halogens is 2. The van der Waals surface area contributed by atoms with E-state index in [2.05, 4.69) is 10.6 Å². The van der Waals surface area contributed by atoms with E-state index in [0.29, 0.717) is 22.0 Å². The lowest BCUT2D eigenvalue weighted by Crippen LogP contribution is -2.20. The number of nitrogens with zero attached hydrogens (tertiary/aromatic N) is 1. The highest BCUT2D eigenvalue weighted by atomic mass is 35.5. The predicted molar refractivity (Wildman–Crippen MR) is 137 cm³/mol. The van der Waals surface area contributed by atoms with Crippen LogP contribution in [0.2, 0.25) is 10.0 Å². The number of rotatable bonds is 8. The van der Waals surface area contributed by atoms with Gasteiger partial charge in [0.15, 0.2) is 18.1 Å². The molecule has 0 atom stereocenters. The van der Waals surface area contributed by atoms with Crippen molar-refractivity contribution in [2.45, 2.75) is 6.92 Å². The first-order valence-electron chi connectivity index (χ1n) is 10.3. The second-order valence-corrected chi connectivity index (χ2v) is 8.16. The summed E-state index contributed by atoms with van der Waals surface area (Å²) in [6, 6.07) is 18.8. The molecule has 3 rings (SSSR count). The van der Waals surface area contributed by atoms with Crippen LogP contribution in [0.1, 0.15) is 11.1 Å². The molecule has 0 heterocycles. The van der Waals surface area contributed by atoms with E-state index in [-0.39, 0.29) is 28.7 Å². The zero-order valence-corrected chi connectivity index (χ0v) is 20.4. The molecule has 0 radical (unpaired) electrons. The van der Waals surface area contributed by atoms with Crippen molar-refractivity contribution in [1.29, 1.82) is 5.26 Å². The standard InChI is InChI=1S/C26H21Cl2N3O4/c1-16-5-3-4-6-22(16)31-26(33)18(14-29)11-17-12-21(28)25(23(13-17)34-2)35-15-24(32)30-20-9-7-19(27)8-10-20/h3-13H,15H2,1-2H3,(H,30,32)(H,31,33)/b18-11+. The lowest BCUT2D eigenvalue weighted by molar-refractivity contribution is -0.118. The van der Waals surface area contributed by atoms with Gasteiger partial charge in [-0.05, 0) is 66.6 Å². The van der Waals surface area contributed by atoms with Crippen LogP contribution in [0.5, 0.6) is 11.5 Å². The summed E-state index contributed by atoms with van der Waals surface area (Å²) < 4.78 is 10.9. The molecule has 0 aliphatic carbocycles. The van der Waals surface area contributed by atoms with E-state index < -0.39 is 11.8 Å². The molecule has 9 heteroatoms. The van der Waals surface area contributed by atoms with Gasteiger partial charge in [-0.2, -0.15) is 5.26 Å². The first-order chi connectivity index (χ1) is 16.8. The first-order valence-corrected chi connectivity index (χ1v) is 11.1. The SMILES string of the molecule is COc1cc(/C=C(\C#N)C(=O)Nc2ccccc2C)cc(Cl)c1OCC(=O)Nc1ccc(Cl)cc1. The summed E-state index contributed by atoms with van der Waals surface area (Å²) in [6.45, 7) is 1.53. The van der Waals surface area contributed by atoms with Crippen molar-refractivity contribution in [2.75, 3.05) is 24.4 Å². The van der Waals surface area contributed by atoms with E-state index in [1.807, 2.05) is 25.1 Å². The minimum Gasteiger partial charge on any atom is -0.493 e. The second-order valence-electron chi connectivity index (χ2n) is 7.32. The molecule has 0 bridgehead atoms. The number of para-hydroxylation sites is 1. The Morgan fingerprint density at radius 2 is 1.77 bits per heavy atom. The van der Waals surface area contributed by atoms with E-state index in [1.54, 1.807) is 42.5 Å². The number of methoxy groups -OCH3 is 1. The number of hydrogen-bond acceptors (Lipinski definition) is 5. The third-order valence-corrected chi connectivity index (χ3v) is 5.33. The Morgan fingerprint density at radius 3 is 2.43 bits per heavy atom. The van der Waals surface area contributed by atoms with Gasteiger partial charge < -0.3 is 20.1 Å². The Labute approximate surface area is 212 Å². The number of nitrogens with one attached hydrogen (secondary N) is 2. The van der Waals surface area contributed by atoms with Crippen LogP contribution in [-0.4, -0.2) is 25.5 Å². The highest BCUT2D eigenvalue weighted by Crippen LogP contribution is 2.37. The van der Waals surface area contributed by atoms with Crippen molar-refractivity contribution in [1.82, 2.24) is 0 Å². The van der Waals surface area contributed by atoms with Crippen molar-refractivity contribution < 1.29 is 19.1 Å². The molecule has 0 spiro atoms. The number of amides is 2. The average Bonchev–Trinajstić information content (AvgIpc) is 2.84. The molecule has 0 saturated heterocycles. The number of benzene rings is 3. The monoisotopic (exact) mass is 509 g/mol. The zero-order chi connectivity index (χ0) is 25.4. The van der Waals surface area contributed by atoms with Crippen molar-refractivity contribution in [3.8, 4) is 17.6 Å². The molecule has 0 aliphatic rings. The Morgan fingerprint density at radius 1 is 1.06 bits per heavy atom. The molecule has 2 amide bonds. The fourth-order valence-electron chi connectivity index (χ4n) is 3.05. The lowest BCUT2D eigenvalue weighted by atomic mass is 10.1. The fourth-order valence-corrected chi connectivity index (χ4v) is 3.45. The van der Waals surface area contributed by atoms with Gasteiger partial charge in [-0.1, -0.05) is 41.4 Å². The van der Waals surface area contributed by atoms with Crippen LogP contribution in [0.25, 0.3) is 6.08 Å². The second kappa shape index (κ2) is 11.9. The minimum absolute atomic E-state index is 0.123. The number of carbonyl (C=O) groups is 2. The van der Waals surface area contributed by atoms with E-state index in [9.17, 15) is 14.9 Å². The van der Waals surface area contributed by atoms with E-state index >= 15 is 0 Å². The molecule has 0 aliphatic heterocycles. The number of anilines is 2. The number of ether oxygens (including phenoxy) is 2. The van der Waals surface area contributed by atoms with Gasteiger partial charge in [-0.3, -0.25) is 9.59 Å². The maximum Gasteiger partial charge on any atom is 0.266 e. The van der Waals surface area contributed by atoms with Crippen LogP contribution in [0.4, 0.5) is 11.4 Å². The molecule has 0 fully saturated rings. The van der Waals surface area contributed by atoms with Gasteiger partial charge >= 0.3 is 0 Å². The Balaban J connectivity index is 1.74. The molecular formula is C26H21Cl2N3O4. The van der Waals surface area contributed by atoms with Gasteiger partial charge in [0.05, 0.1) is 12.1 Å². The van der Waals surface area contributed by atoms with Crippen molar-refractivity contribution >= 4 is 52.5 Å². The summed E-state index contributed by atoms with van der Waals surface area (Å²) in [5.41, 5.74) is 2.36. The molecule has 2 N–H and O–H groups in total. The Kier molecular flexibility index (Phi) is 8.74. The molecule has 3 aromatic rings. The predicted octanol–water partition coefficient (Wildman–Crippen LogP) is 5.87. The molecule has 0 saturated carbocycles. The maximum absolute atomic E-state index is 12.6. The maximum atomic E-state index is 12.6. The summed E-state index contributed by atoms with van der Waals surface area (Å²) in [4.78, 5) is 24.8. The van der Waals surface area contributed by atoms with Gasteiger partial charge in [0.25, 0.3) is 11.8 Å². The number of hydrogen-bond donors (Lipinski definition) is 2. The third kappa shape index (κ3) is 7.00. The summed E-state index contributed by atoms with van der Waals surface area (Å²) >= 11 is 12.2. The zero-order valence-electron chi connectivity index (χ0n) is 18.9. The van der Waals surface area contributed by atoms with Crippen LogP contribution in [0, 0.1) is 18.3 Å². The van der Waals surface area contributed by atoms with Crippen LogP contribution in [0.3, 0.4) is 0 Å². The highest BCUT2D eigenvalue weighted by Gasteiger charge is 2.16. The number of carbonyl (C=O) groups excluding carboxylic acids is 2. The van der Waals surface area contributed by atoms with Crippen LogP contribution >= 0.6 is 23.2 Å². The van der Waals surface area contributed by atoms with E-state index in [4.69, 9.17) is 32.7 Å². The summed E-state index contributed by atoms with van der Waals surface area (Å²) in [5.74, 6) is -0.578. The van der Waals surface area contributed by atoms with Gasteiger partial charge in [0.2, 0.25) is 0 Å². The molecule has 0 aromatic heterocycles. The van der Waals surface area contributed by atoms with Gasteiger partial charge in [0, 0.05) is 16.4 Å². The van der Waals surface area contributed by atoms with Gasteiger partial charge in [-0.25, -0.2) is 0 Å². The van der Waals surface area contributed by atoms with Crippen molar-refractivity contribution in [2.24, 2.45) is 0 Å². The van der Waals surface area contributed by atoms with Crippen molar-refractivity contribution in [3.05, 3.63) is 87.4 Å². The van der Waals surface area contributed by atoms with Crippen LogP contribution in [0.15, 0.2) is 66.2 Å². The Hall–Kier alpha value is -3.99. The van der Waals surface area contributed by atoms with Crippen LogP contribution in [-0.2, 0) is 9.59 Å². The molecule has 0 unspecified atom stereocenters. The van der Waals surface area contributed by atoms with E-state index in [1.165, 1.54) is 19.3 Å². The summed E-state index contributed by atoms with van der Waals surface area (Å²) in [5, 5.41) is 15.6. The molecular weight excluding hydrogens is 489 g/mol.